The van der Waals surface area contributed by atoms with E-state index >= 15 is 0 Å². The van der Waals surface area contributed by atoms with Crippen molar-refractivity contribution in [2.75, 3.05) is 11.1 Å². The smallest absolute Gasteiger partial charge is 0.311 e. The zero-order valence-electron chi connectivity index (χ0n) is 12.0. The zero-order chi connectivity index (χ0) is 18.9. The number of nitro groups is 2. The molecule has 25 heavy (non-hydrogen) atoms. The van der Waals surface area contributed by atoms with Crippen molar-refractivity contribution in [3.05, 3.63) is 56.4 Å². The summed E-state index contributed by atoms with van der Waals surface area (Å²) < 4.78 is 44.8. The Balaban J connectivity index is 2.50. The van der Waals surface area contributed by atoms with Gasteiger partial charge >= 0.3 is 5.69 Å². The van der Waals surface area contributed by atoms with Gasteiger partial charge in [-0.3, -0.25) is 24.8 Å². The van der Waals surface area contributed by atoms with Crippen LogP contribution in [0.4, 0.5) is 32.8 Å². The molecule has 2 aromatic rings. The lowest BCUT2D eigenvalue weighted by atomic mass is 10.2. The fourth-order valence-electron chi connectivity index (χ4n) is 1.96. The monoisotopic (exact) mass is 372 g/mol. The summed E-state index contributed by atoms with van der Waals surface area (Å²) in [6.07, 6.45) is 0. The average Bonchev–Trinajstić information content (AvgIpc) is 2.45. The molecule has 0 aromatic heterocycles. The van der Waals surface area contributed by atoms with Gasteiger partial charge in [0.25, 0.3) is 15.8 Å². The Kier molecular flexibility index (Phi) is 4.54. The molecule has 0 bridgehead atoms. The van der Waals surface area contributed by atoms with Gasteiger partial charge in [-0.25, -0.2) is 0 Å². The number of nitrogen functional groups attached to an aromatic ring is 1. The number of rotatable bonds is 5. The number of nitrogens with two attached hydrogens (primary N) is 1. The van der Waals surface area contributed by atoms with Crippen molar-refractivity contribution in [2.24, 2.45) is 0 Å². The van der Waals surface area contributed by atoms with Gasteiger partial charge in [0.1, 0.15) is 10.6 Å². The van der Waals surface area contributed by atoms with Gasteiger partial charge in [-0.2, -0.15) is 12.8 Å². The standard InChI is InChI=1S/C12H9FN4O7S/c13-7-4-9(11(17(20)21)5-10(7)16(18)19)15-6-1-2-12(8(14)3-6)25(22,23)24/h1-5,15H,14H2,(H,22,23,24). The van der Waals surface area contributed by atoms with Crippen LogP contribution >= 0.6 is 0 Å². The molecular formula is C12H9FN4O7S. The zero-order valence-corrected chi connectivity index (χ0v) is 12.9. The quantitative estimate of drug-likeness (QED) is 0.307. The second kappa shape index (κ2) is 6.29. The Morgan fingerprint density at radius 2 is 1.68 bits per heavy atom. The molecule has 0 saturated carbocycles. The van der Waals surface area contributed by atoms with E-state index in [1.54, 1.807) is 0 Å². The topological polar surface area (TPSA) is 179 Å². The summed E-state index contributed by atoms with van der Waals surface area (Å²) in [6.45, 7) is 0. The first-order valence-electron chi connectivity index (χ1n) is 6.27. The lowest BCUT2D eigenvalue weighted by Gasteiger charge is -2.10. The summed E-state index contributed by atoms with van der Waals surface area (Å²) in [6, 6.07) is 4.09. The molecule has 0 fully saturated rings. The van der Waals surface area contributed by atoms with E-state index in [4.69, 9.17) is 10.3 Å². The van der Waals surface area contributed by atoms with Crippen molar-refractivity contribution in [1.82, 2.24) is 0 Å². The summed E-state index contributed by atoms with van der Waals surface area (Å²) in [4.78, 5) is 19.1. The van der Waals surface area contributed by atoms with Gasteiger partial charge in [-0.1, -0.05) is 0 Å². The van der Waals surface area contributed by atoms with Crippen molar-refractivity contribution in [3.8, 4) is 0 Å². The first kappa shape index (κ1) is 18.0. The highest BCUT2D eigenvalue weighted by molar-refractivity contribution is 7.86. The number of hydrogen-bond acceptors (Lipinski definition) is 8. The third-order valence-corrected chi connectivity index (χ3v) is 3.95. The SMILES string of the molecule is Nc1cc(Nc2cc(F)c([N+](=O)[O-])cc2[N+](=O)[O-])ccc1S(=O)(=O)O. The minimum Gasteiger partial charge on any atom is -0.398 e. The summed E-state index contributed by atoms with van der Waals surface area (Å²) in [5.41, 5.74) is 2.89. The fourth-order valence-corrected chi connectivity index (χ4v) is 2.56. The normalized spacial score (nSPS) is 11.1. The summed E-state index contributed by atoms with van der Waals surface area (Å²) in [5.74, 6) is -1.30. The first-order valence-corrected chi connectivity index (χ1v) is 7.71. The average molecular weight is 372 g/mol. The number of nitrogens with one attached hydrogen (secondary N) is 1. The second-order valence-electron chi connectivity index (χ2n) is 4.69. The van der Waals surface area contributed by atoms with Gasteiger partial charge in [0.15, 0.2) is 0 Å². The van der Waals surface area contributed by atoms with Crippen LogP contribution in [0.3, 0.4) is 0 Å². The predicted molar refractivity (Wildman–Crippen MR) is 83.7 cm³/mol. The van der Waals surface area contributed by atoms with Crippen LogP contribution < -0.4 is 11.1 Å². The number of halogens is 1. The van der Waals surface area contributed by atoms with Crippen LogP contribution in [0.25, 0.3) is 0 Å². The number of nitro benzene ring substituents is 2. The van der Waals surface area contributed by atoms with Gasteiger partial charge in [0.05, 0.1) is 21.6 Å². The Labute approximate surface area is 138 Å². The molecule has 0 aliphatic carbocycles. The lowest BCUT2D eigenvalue weighted by molar-refractivity contribution is -0.395. The van der Waals surface area contributed by atoms with Crippen LogP contribution in [0, 0.1) is 26.0 Å². The van der Waals surface area contributed by atoms with E-state index < -0.39 is 47.7 Å². The molecule has 0 atom stereocenters. The molecule has 4 N–H and O–H groups in total. The predicted octanol–water partition coefficient (Wildman–Crippen LogP) is 2.21. The van der Waals surface area contributed by atoms with Crippen molar-refractivity contribution in [3.63, 3.8) is 0 Å². The molecule has 13 heteroatoms. The lowest BCUT2D eigenvalue weighted by Crippen LogP contribution is -2.05. The van der Waals surface area contributed by atoms with Gasteiger partial charge < -0.3 is 11.1 Å². The molecule has 2 rings (SSSR count). The summed E-state index contributed by atoms with van der Waals surface area (Å²) >= 11 is 0. The highest BCUT2D eigenvalue weighted by Gasteiger charge is 2.25. The molecule has 0 aliphatic heterocycles. The molecule has 0 unspecified atom stereocenters. The van der Waals surface area contributed by atoms with Crippen molar-refractivity contribution >= 4 is 38.6 Å². The third-order valence-electron chi connectivity index (χ3n) is 3.03. The third kappa shape index (κ3) is 3.78. The van der Waals surface area contributed by atoms with E-state index in [0.29, 0.717) is 12.1 Å². The largest absolute Gasteiger partial charge is 0.398 e. The molecule has 0 heterocycles. The molecule has 132 valence electrons. The Morgan fingerprint density at radius 3 is 2.16 bits per heavy atom. The van der Waals surface area contributed by atoms with Crippen LogP contribution in [0.15, 0.2) is 35.2 Å². The van der Waals surface area contributed by atoms with E-state index in [0.717, 1.165) is 18.2 Å². The second-order valence-corrected chi connectivity index (χ2v) is 6.08. The van der Waals surface area contributed by atoms with Crippen LogP contribution in [-0.2, 0) is 10.1 Å². The van der Waals surface area contributed by atoms with Crippen LogP contribution in [0.1, 0.15) is 0 Å². The van der Waals surface area contributed by atoms with E-state index in [9.17, 15) is 33.0 Å². The van der Waals surface area contributed by atoms with Gasteiger partial charge in [-0.15, -0.1) is 0 Å². The van der Waals surface area contributed by atoms with Crippen LogP contribution in [0.2, 0.25) is 0 Å². The van der Waals surface area contributed by atoms with Crippen molar-refractivity contribution in [2.45, 2.75) is 4.90 Å². The highest BCUT2D eigenvalue weighted by atomic mass is 32.2. The number of hydrogen-bond donors (Lipinski definition) is 3. The van der Waals surface area contributed by atoms with Crippen molar-refractivity contribution in [1.29, 1.82) is 0 Å². The van der Waals surface area contributed by atoms with E-state index in [-0.39, 0.29) is 11.4 Å². The Morgan fingerprint density at radius 1 is 1.08 bits per heavy atom. The van der Waals surface area contributed by atoms with Crippen molar-refractivity contribution < 1.29 is 27.2 Å². The van der Waals surface area contributed by atoms with E-state index in [1.165, 1.54) is 0 Å². The fraction of sp³-hybridized carbons (Fsp3) is 0. The van der Waals surface area contributed by atoms with Gasteiger partial charge in [0, 0.05) is 11.8 Å². The molecule has 0 saturated heterocycles. The first-order chi connectivity index (χ1) is 11.5. The Bertz CT molecular complexity index is 993. The molecule has 2 aromatic carbocycles. The minimum atomic E-state index is -4.56. The maximum Gasteiger partial charge on any atom is 0.311 e. The minimum absolute atomic E-state index is 0.0289. The van der Waals surface area contributed by atoms with Gasteiger partial charge in [0.2, 0.25) is 5.82 Å². The summed E-state index contributed by atoms with van der Waals surface area (Å²) in [7, 11) is -4.56. The number of benzene rings is 2. The maximum absolute atomic E-state index is 13.7. The molecule has 0 spiro atoms. The molecular weight excluding hydrogens is 363 g/mol. The molecule has 0 radical (unpaired) electrons. The molecule has 0 aliphatic rings. The van der Waals surface area contributed by atoms with Gasteiger partial charge in [-0.05, 0) is 18.2 Å². The van der Waals surface area contributed by atoms with Crippen LogP contribution in [-0.4, -0.2) is 22.8 Å². The molecule has 0 amide bonds. The van der Waals surface area contributed by atoms with E-state index in [2.05, 4.69) is 5.32 Å². The highest BCUT2D eigenvalue weighted by Crippen LogP contribution is 2.34. The number of anilines is 3. The maximum atomic E-state index is 13.7. The molecule has 11 nitrogen and oxygen atoms in total. The Hall–Kier alpha value is -3.32. The van der Waals surface area contributed by atoms with Crippen LogP contribution in [0.5, 0.6) is 0 Å². The summed E-state index contributed by atoms with van der Waals surface area (Å²) in [5, 5.41) is 24.1. The number of nitrogens with zero attached hydrogens (tertiary/aromatic N) is 2. The van der Waals surface area contributed by atoms with E-state index in [1.807, 2.05) is 0 Å².